The molecule has 3 N–H and O–H groups in total. The number of nitrogens with two attached hydrogens (primary N) is 1. The Morgan fingerprint density at radius 3 is 2.77 bits per heavy atom. The maximum absolute atomic E-state index is 5.62. The van der Waals surface area contributed by atoms with Crippen molar-refractivity contribution in [2.75, 3.05) is 53.1 Å². The highest BCUT2D eigenvalue weighted by atomic mass is 16.5. The molecule has 5 nitrogen and oxygen atoms in total. The Labute approximate surface area is 133 Å². The van der Waals surface area contributed by atoms with Gasteiger partial charge in [0.2, 0.25) is 0 Å². The number of morpholine rings is 1. The largest absolute Gasteiger partial charge is 0.493 e. The number of rotatable bonds is 9. The molecule has 1 aliphatic heterocycles. The molecule has 124 valence electrons. The second kappa shape index (κ2) is 9.66. The smallest absolute Gasteiger partial charge is 0.161 e. The Hall–Kier alpha value is -1.30. The summed E-state index contributed by atoms with van der Waals surface area (Å²) in [6.45, 7) is 10.2. The molecule has 1 saturated heterocycles. The zero-order chi connectivity index (χ0) is 15.6. The van der Waals surface area contributed by atoms with Crippen LogP contribution in [0.15, 0.2) is 18.2 Å². The van der Waals surface area contributed by atoms with Gasteiger partial charge in [-0.05, 0) is 25.1 Å². The third-order valence-corrected chi connectivity index (χ3v) is 4.05. The summed E-state index contributed by atoms with van der Waals surface area (Å²) in [4.78, 5) is 1.68. The van der Waals surface area contributed by atoms with E-state index >= 15 is 0 Å². The van der Waals surface area contributed by atoms with E-state index in [0.29, 0.717) is 6.61 Å². The zero-order valence-electron chi connectivity index (χ0n) is 13.9. The van der Waals surface area contributed by atoms with Crippen molar-refractivity contribution in [1.29, 1.82) is 0 Å². The van der Waals surface area contributed by atoms with E-state index in [1.165, 1.54) is 25.1 Å². The molecule has 1 aliphatic rings. The third kappa shape index (κ3) is 5.48. The maximum atomic E-state index is 5.62. The van der Waals surface area contributed by atoms with Crippen LogP contribution in [0.2, 0.25) is 0 Å². The van der Waals surface area contributed by atoms with E-state index in [1.54, 1.807) is 12.0 Å². The molecule has 0 radical (unpaired) electrons. The first-order valence-corrected chi connectivity index (χ1v) is 8.36. The van der Waals surface area contributed by atoms with Crippen LogP contribution in [0.1, 0.15) is 18.9 Å². The summed E-state index contributed by atoms with van der Waals surface area (Å²) < 4.78 is 16.3. The lowest BCUT2D eigenvalue weighted by Crippen LogP contribution is -3.14. The van der Waals surface area contributed by atoms with Gasteiger partial charge in [0.05, 0.1) is 40.0 Å². The molecule has 2 rings (SSSR count). The Morgan fingerprint density at radius 1 is 1.23 bits per heavy atom. The summed E-state index contributed by atoms with van der Waals surface area (Å²) in [5.74, 6) is 1.65. The predicted octanol–water partition coefficient (Wildman–Crippen LogP) is -0.537. The van der Waals surface area contributed by atoms with Crippen LogP contribution in [0.3, 0.4) is 0 Å². The normalized spacial score (nSPS) is 15.7. The molecule has 1 aromatic carbocycles. The van der Waals surface area contributed by atoms with E-state index in [4.69, 9.17) is 14.2 Å². The average Bonchev–Trinajstić information content (AvgIpc) is 2.56. The molecule has 0 aliphatic carbocycles. The maximum Gasteiger partial charge on any atom is 0.161 e. The minimum atomic E-state index is 0.659. The molecule has 0 bridgehead atoms. The van der Waals surface area contributed by atoms with E-state index < -0.39 is 0 Å². The van der Waals surface area contributed by atoms with Crippen molar-refractivity contribution in [3.63, 3.8) is 0 Å². The lowest BCUT2D eigenvalue weighted by molar-refractivity contribution is -0.909. The fourth-order valence-electron chi connectivity index (χ4n) is 2.79. The Morgan fingerprint density at radius 2 is 2.05 bits per heavy atom. The molecule has 0 atom stereocenters. The van der Waals surface area contributed by atoms with E-state index in [9.17, 15) is 0 Å². The highest BCUT2D eigenvalue weighted by Gasteiger charge is 2.13. The van der Waals surface area contributed by atoms with E-state index in [2.05, 4.69) is 17.4 Å². The second-order valence-corrected chi connectivity index (χ2v) is 5.67. The van der Waals surface area contributed by atoms with Crippen molar-refractivity contribution in [3.8, 4) is 11.5 Å². The van der Waals surface area contributed by atoms with Crippen LogP contribution in [-0.4, -0.2) is 53.1 Å². The number of hydrogen-bond acceptors (Lipinski definition) is 3. The fourth-order valence-corrected chi connectivity index (χ4v) is 2.79. The van der Waals surface area contributed by atoms with Gasteiger partial charge >= 0.3 is 0 Å². The number of hydrogen-bond donors (Lipinski definition) is 2. The lowest BCUT2D eigenvalue weighted by Gasteiger charge is -2.23. The molecule has 0 spiro atoms. The van der Waals surface area contributed by atoms with Gasteiger partial charge in [-0.25, -0.2) is 0 Å². The van der Waals surface area contributed by atoms with Crippen molar-refractivity contribution in [2.45, 2.75) is 19.9 Å². The number of quaternary nitrogens is 2. The summed E-state index contributed by atoms with van der Waals surface area (Å²) in [5, 5.41) is 2.37. The minimum absolute atomic E-state index is 0.659. The highest BCUT2D eigenvalue weighted by molar-refractivity contribution is 5.42. The molecule has 1 aromatic rings. The first kappa shape index (κ1) is 17.1. The molecule has 1 fully saturated rings. The molecule has 0 unspecified atom stereocenters. The van der Waals surface area contributed by atoms with Crippen LogP contribution in [0.25, 0.3) is 0 Å². The zero-order valence-corrected chi connectivity index (χ0v) is 13.9. The molecular weight excluding hydrogens is 280 g/mol. The van der Waals surface area contributed by atoms with Gasteiger partial charge in [-0.1, -0.05) is 0 Å². The fraction of sp³-hybridized carbons (Fsp3) is 0.647. The summed E-state index contributed by atoms with van der Waals surface area (Å²) >= 11 is 0. The van der Waals surface area contributed by atoms with E-state index in [-0.39, 0.29) is 0 Å². The molecule has 0 aromatic heterocycles. The van der Waals surface area contributed by atoms with Gasteiger partial charge in [0.25, 0.3) is 0 Å². The van der Waals surface area contributed by atoms with E-state index in [1.807, 2.05) is 13.0 Å². The van der Waals surface area contributed by atoms with Gasteiger partial charge in [0, 0.05) is 12.0 Å². The molecule has 0 saturated carbocycles. The Balaban J connectivity index is 1.68. The first-order valence-electron chi connectivity index (χ1n) is 8.36. The van der Waals surface area contributed by atoms with Gasteiger partial charge in [0.15, 0.2) is 11.5 Å². The lowest BCUT2D eigenvalue weighted by atomic mass is 10.2. The quantitative estimate of drug-likeness (QED) is 0.603. The number of ether oxygens (including phenoxy) is 3. The molecule has 5 heteroatoms. The summed E-state index contributed by atoms with van der Waals surface area (Å²) in [7, 11) is 1.68. The highest BCUT2D eigenvalue weighted by Crippen LogP contribution is 2.27. The van der Waals surface area contributed by atoms with Crippen molar-refractivity contribution >= 4 is 0 Å². The van der Waals surface area contributed by atoms with Crippen molar-refractivity contribution in [3.05, 3.63) is 23.8 Å². The average molecular weight is 310 g/mol. The minimum Gasteiger partial charge on any atom is -0.493 e. The van der Waals surface area contributed by atoms with E-state index in [0.717, 1.165) is 44.3 Å². The Kier molecular flexibility index (Phi) is 7.49. The molecular formula is C17H30N2O3+2. The number of methoxy groups -OCH3 is 1. The van der Waals surface area contributed by atoms with Crippen molar-refractivity contribution < 1.29 is 24.4 Å². The standard InChI is InChI=1S/C17H28N2O3/c1-3-22-17-13-15(5-6-16(17)20-2)14-18-7-4-8-19-9-11-21-12-10-19/h5-6,13,18H,3-4,7-12,14H2,1-2H3/p+2. The third-order valence-electron chi connectivity index (χ3n) is 4.05. The van der Waals surface area contributed by atoms with Crippen molar-refractivity contribution in [1.82, 2.24) is 0 Å². The van der Waals surface area contributed by atoms with Crippen molar-refractivity contribution in [2.24, 2.45) is 0 Å². The van der Waals surface area contributed by atoms with Crippen LogP contribution in [-0.2, 0) is 11.3 Å². The summed E-state index contributed by atoms with van der Waals surface area (Å²) in [6.07, 6.45) is 1.25. The number of nitrogens with one attached hydrogen (secondary N) is 1. The topological polar surface area (TPSA) is 48.7 Å². The summed E-state index contributed by atoms with van der Waals surface area (Å²) in [6, 6.07) is 6.20. The first-order chi connectivity index (χ1) is 10.8. The monoisotopic (exact) mass is 310 g/mol. The van der Waals surface area contributed by atoms with Crippen LogP contribution >= 0.6 is 0 Å². The van der Waals surface area contributed by atoms with Gasteiger partial charge < -0.3 is 24.4 Å². The van der Waals surface area contributed by atoms with Crippen LogP contribution in [0.5, 0.6) is 11.5 Å². The van der Waals surface area contributed by atoms with Crippen LogP contribution in [0, 0.1) is 0 Å². The van der Waals surface area contributed by atoms with Crippen LogP contribution in [0.4, 0.5) is 0 Å². The molecule has 1 heterocycles. The Bertz CT molecular complexity index is 434. The second-order valence-electron chi connectivity index (χ2n) is 5.67. The van der Waals surface area contributed by atoms with Crippen LogP contribution < -0.4 is 19.7 Å². The number of benzene rings is 1. The summed E-state index contributed by atoms with van der Waals surface area (Å²) in [5.41, 5.74) is 1.28. The SMILES string of the molecule is CCOc1cc(C[NH2+]CCC[NH+]2CCOCC2)ccc1OC. The predicted molar refractivity (Wildman–Crippen MR) is 85.7 cm³/mol. The molecule has 22 heavy (non-hydrogen) atoms. The van der Waals surface area contributed by atoms with Gasteiger partial charge in [-0.2, -0.15) is 0 Å². The van der Waals surface area contributed by atoms with Gasteiger partial charge in [-0.3, -0.25) is 0 Å². The van der Waals surface area contributed by atoms with Gasteiger partial charge in [-0.15, -0.1) is 0 Å². The molecule has 0 amide bonds. The van der Waals surface area contributed by atoms with Gasteiger partial charge in [0.1, 0.15) is 19.6 Å².